The molecule has 0 radical (unpaired) electrons. The predicted molar refractivity (Wildman–Crippen MR) is 85.5 cm³/mol. The maximum atomic E-state index is 10.4. The van der Waals surface area contributed by atoms with Crippen molar-refractivity contribution < 1.29 is 10.2 Å². The minimum absolute atomic E-state index is 0.631. The molecule has 2 nitrogen and oxygen atoms in total. The smallest absolute Gasteiger partial charge is 0.106 e. The van der Waals surface area contributed by atoms with Crippen LogP contribution in [0.2, 0.25) is 0 Å². The topological polar surface area (TPSA) is 40.5 Å². The van der Waals surface area contributed by atoms with Gasteiger partial charge in [0.2, 0.25) is 0 Å². The molecule has 0 saturated heterocycles. The number of hydrogen-bond acceptors (Lipinski definition) is 2. The summed E-state index contributed by atoms with van der Waals surface area (Å²) in [5.41, 5.74) is 3.33. The van der Waals surface area contributed by atoms with Gasteiger partial charge in [-0.2, -0.15) is 0 Å². The van der Waals surface area contributed by atoms with Crippen LogP contribution in [-0.4, -0.2) is 16.3 Å². The van der Waals surface area contributed by atoms with Gasteiger partial charge in [-0.05, 0) is 70.1 Å². The highest BCUT2D eigenvalue weighted by atomic mass is 16.3. The molecule has 4 rings (SSSR count). The zero-order valence-corrected chi connectivity index (χ0v) is 12.0. The molecule has 1 aliphatic rings. The second kappa shape index (κ2) is 4.55. The van der Waals surface area contributed by atoms with Crippen LogP contribution >= 0.6 is 0 Å². The molecule has 1 aliphatic carbocycles. The summed E-state index contributed by atoms with van der Waals surface area (Å²) in [6, 6.07) is 14.8. The summed E-state index contributed by atoms with van der Waals surface area (Å²) in [4.78, 5) is 0. The lowest BCUT2D eigenvalue weighted by Gasteiger charge is -2.28. The van der Waals surface area contributed by atoms with E-state index in [4.69, 9.17) is 0 Å². The summed E-state index contributed by atoms with van der Waals surface area (Å²) in [6.07, 6.45) is 0.0258. The van der Waals surface area contributed by atoms with Crippen molar-refractivity contribution in [3.8, 4) is 0 Å². The summed E-state index contributed by atoms with van der Waals surface area (Å²) in [7, 11) is 0. The molecule has 0 amide bonds. The van der Waals surface area contributed by atoms with Crippen LogP contribution in [-0.2, 0) is 6.42 Å². The van der Waals surface area contributed by atoms with Crippen LogP contribution in [0.4, 0.5) is 0 Å². The van der Waals surface area contributed by atoms with Crippen molar-refractivity contribution in [2.24, 2.45) is 0 Å². The Balaban J connectivity index is 2.10. The molecule has 3 aromatic rings. The molecule has 0 spiro atoms. The number of fused-ring (bicyclic) bond motifs is 4. The van der Waals surface area contributed by atoms with Crippen LogP contribution < -0.4 is 0 Å². The first kappa shape index (κ1) is 12.8. The molecule has 3 aromatic carbocycles. The molecule has 0 heterocycles. The lowest BCUT2D eigenvalue weighted by atomic mass is 9.83. The largest absolute Gasteiger partial charge is 0.390 e. The molecular weight excluding hydrogens is 260 g/mol. The van der Waals surface area contributed by atoms with Crippen molar-refractivity contribution in [3.05, 3.63) is 59.2 Å². The molecule has 0 fully saturated rings. The molecule has 0 bridgehead atoms. The molecule has 2 N–H and O–H groups in total. The number of aliphatic hydroxyl groups excluding tert-OH is 2. The molecule has 0 aromatic heterocycles. The van der Waals surface area contributed by atoms with E-state index in [-0.39, 0.29) is 0 Å². The van der Waals surface area contributed by atoms with E-state index in [2.05, 4.69) is 49.4 Å². The Morgan fingerprint density at radius 2 is 1.71 bits per heavy atom. The Morgan fingerprint density at radius 1 is 0.952 bits per heavy atom. The van der Waals surface area contributed by atoms with Gasteiger partial charge in [0.05, 0.1) is 6.10 Å². The first-order valence-electron chi connectivity index (χ1n) is 7.46. The van der Waals surface area contributed by atoms with Crippen molar-refractivity contribution in [3.63, 3.8) is 0 Å². The summed E-state index contributed by atoms with van der Waals surface area (Å²) in [6.45, 7) is 2.12. The van der Waals surface area contributed by atoms with Crippen molar-refractivity contribution in [2.45, 2.75) is 32.0 Å². The van der Waals surface area contributed by atoms with Gasteiger partial charge in [-0.1, -0.05) is 30.3 Å². The number of rotatable bonds is 0. The van der Waals surface area contributed by atoms with Crippen molar-refractivity contribution >= 4 is 21.5 Å². The minimum atomic E-state index is -0.778. The van der Waals surface area contributed by atoms with Gasteiger partial charge in [-0.3, -0.25) is 0 Å². The molecule has 0 saturated carbocycles. The number of hydrogen-bond donors (Lipinski definition) is 2. The molecule has 21 heavy (non-hydrogen) atoms. The van der Waals surface area contributed by atoms with E-state index in [1.807, 2.05) is 0 Å². The highest BCUT2D eigenvalue weighted by molar-refractivity contribution is 6.01. The third kappa shape index (κ3) is 1.87. The van der Waals surface area contributed by atoms with Gasteiger partial charge in [0.1, 0.15) is 6.10 Å². The number of aryl methyl sites for hydroxylation is 2. The van der Waals surface area contributed by atoms with E-state index < -0.39 is 12.2 Å². The third-order valence-corrected chi connectivity index (χ3v) is 4.74. The summed E-state index contributed by atoms with van der Waals surface area (Å²) < 4.78 is 0. The average molecular weight is 278 g/mol. The number of aliphatic hydroxyl groups is 2. The van der Waals surface area contributed by atoms with Crippen LogP contribution in [0.25, 0.3) is 21.5 Å². The Labute approximate surface area is 123 Å². The fourth-order valence-corrected chi connectivity index (χ4v) is 3.54. The minimum Gasteiger partial charge on any atom is -0.390 e. The summed E-state index contributed by atoms with van der Waals surface area (Å²) in [5, 5.41) is 25.0. The highest BCUT2D eigenvalue weighted by Gasteiger charge is 2.27. The van der Waals surface area contributed by atoms with Gasteiger partial charge < -0.3 is 10.2 Å². The van der Waals surface area contributed by atoms with Crippen LogP contribution in [0, 0.1) is 6.92 Å². The molecular formula is C19H18O2. The normalized spacial score (nSPS) is 21.7. The van der Waals surface area contributed by atoms with Gasteiger partial charge >= 0.3 is 0 Å². The molecule has 2 heteroatoms. The zero-order valence-electron chi connectivity index (χ0n) is 12.0. The second-order valence-corrected chi connectivity index (χ2v) is 6.06. The molecule has 0 aliphatic heterocycles. The Morgan fingerprint density at radius 3 is 2.57 bits per heavy atom. The van der Waals surface area contributed by atoms with E-state index in [0.717, 1.165) is 28.3 Å². The van der Waals surface area contributed by atoms with Crippen LogP contribution in [0.1, 0.15) is 29.2 Å². The van der Waals surface area contributed by atoms with Gasteiger partial charge in [-0.15, -0.1) is 0 Å². The van der Waals surface area contributed by atoms with Gasteiger partial charge in [0, 0.05) is 0 Å². The van der Waals surface area contributed by atoms with Crippen LogP contribution in [0.15, 0.2) is 42.5 Å². The average Bonchev–Trinajstić information content (AvgIpc) is 2.49. The molecule has 106 valence electrons. The highest BCUT2D eigenvalue weighted by Crippen LogP contribution is 2.37. The van der Waals surface area contributed by atoms with E-state index in [1.165, 1.54) is 16.3 Å². The van der Waals surface area contributed by atoms with E-state index in [1.54, 1.807) is 0 Å². The fourth-order valence-electron chi connectivity index (χ4n) is 3.54. The third-order valence-electron chi connectivity index (χ3n) is 4.74. The summed E-state index contributed by atoms with van der Waals surface area (Å²) in [5.74, 6) is 0. The monoisotopic (exact) mass is 278 g/mol. The number of benzene rings is 3. The Bertz CT molecular complexity index is 851. The summed E-state index contributed by atoms with van der Waals surface area (Å²) >= 11 is 0. The van der Waals surface area contributed by atoms with Gasteiger partial charge in [0.15, 0.2) is 0 Å². The van der Waals surface area contributed by atoms with Crippen LogP contribution in [0.5, 0.6) is 0 Å². The first-order valence-corrected chi connectivity index (χ1v) is 7.46. The van der Waals surface area contributed by atoms with Crippen molar-refractivity contribution in [1.82, 2.24) is 0 Å². The fraction of sp³-hybridized carbons (Fsp3) is 0.263. The molecule has 2 atom stereocenters. The first-order chi connectivity index (χ1) is 10.1. The predicted octanol–water partition coefficient (Wildman–Crippen LogP) is 3.64. The lowest BCUT2D eigenvalue weighted by molar-refractivity contribution is 0.00747. The molecule has 0 unspecified atom stereocenters. The van der Waals surface area contributed by atoms with E-state index >= 15 is 0 Å². The lowest BCUT2D eigenvalue weighted by Crippen LogP contribution is -2.25. The van der Waals surface area contributed by atoms with E-state index in [9.17, 15) is 10.2 Å². The van der Waals surface area contributed by atoms with Crippen molar-refractivity contribution in [1.29, 1.82) is 0 Å². The zero-order chi connectivity index (χ0) is 14.6. The van der Waals surface area contributed by atoms with E-state index in [0.29, 0.717) is 6.42 Å². The maximum absolute atomic E-state index is 10.4. The Hall–Kier alpha value is -1.90. The van der Waals surface area contributed by atoms with Crippen molar-refractivity contribution in [2.75, 3.05) is 0 Å². The van der Waals surface area contributed by atoms with Crippen LogP contribution in [0.3, 0.4) is 0 Å². The second-order valence-electron chi connectivity index (χ2n) is 6.06. The SMILES string of the molecule is Cc1cccc2cc3c4c(ccc3cc12)CC[C@H](O)[C@H]4O. The van der Waals surface area contributed by atoms with Gasteiger partial charge in [-0.25, -0.2) is 0 Å². The maximum Gasteiger partial charge on any atom is 0.106 e. The quantitative estimate of drug-likeness (QED) is 0.616. The van der Waals surface area contributed by atoms with Gasteiger partial charge in [0.25, 0.3) is 0 Å². The standard InChI is InChI=1S/C19H18O2/c1-11-3-2-4-13-10-16-14(9-15(11)13)6-5-12-7-8-17(20)19(21)18(12)16/h2-6,9-10,17,19-21H,7-8H2,1H3/t17-,19+/m0/s1. The Kier molecular flexibility index (Phi) is 2.78.